The van der Waals surface area contributed by atoms with Crippen molar-refractivity contribution in [1.82, 2.24) is 10.2 Å². The predicted molar refractivity (Wildman–Crippen MR) is 84.7 cm³/mol. The minimum absolute atomic E-state index is 0.0711. The maximum atomic E-state index is 10.8. The largest absolute Gasteiger partial charge is 0.478 e. The second-order valence-electron chi connectivity index (χ2n) is 4.62. The number of allylic oxidation sites excluding steroid dienone is 2. The first-order valence-corrected chi connectivity index (χ1v) is 7.42. The molecule has 1 N–H and O–H groups in total. The molecular weight excluding hydrogens is 383 g/mol. The highest BCUT2D eigenvalue weighted by Crippen LogP contribution is 2.28. The van der Waals surface area contributed by atoms with E-state index in [0.717, 1.165) is 9.13 Å². The molecule has 1 atom stereocenters. The van der Waals surface area contributed by atoms with Crippen LogP contribution in [0.3, 0.4) is 0 Å². The second-order valence-corrected chi connectivity index (χ2v) is 5.86. The molecule has 0 amide bonds. The second kappa shape index (κ2) is 5.80. The summed E-state index contributed by atoms with van der Waals surface area (Å²) in [7, 11) is 0. The van der Waals surface area contributed by atoms with Crippen LogP contribution < -0.4 is 0 Å². The molecule has 0 spiro atoms. The minimum atomic E-state index is -0.921. The fourth-order valence-corrected chi connectivity index (χ4v) is 2.42. The number of rotatable bonds is 3. The molecule has 21 heavy (non-hydrogen) atoms. The van der Waals surface area contributed by atoms with Crippen LogP contribution in [0.5, 0.6) is 0 Å². The third-order valence-electron chi connectivity index (χ3n) is 3.20. The molecule has 106 valence electrons. The zero-order valence-corrected chi connectivity index (χ0v) is 13.0. The van der Waals surface area contributed by atoms with E-state index >= 15 is 0 Å². The van der Waals surface area contributed by atoms with Gasteiger partial charge in [-0.05, 0) is 53.3 Å². The molecule has 1 aliphatic rings. The third kappa shape index (κ3) is 3.05. The van der Waals surface area contributed by atoms with Crippen LogP contribution in [0.15, 0.2) is 52.5 Å². The summed E-state index contributed by atoms with van der Waals surface area (Å²) in [5.74, 6) is -0.0173. The molecule has 0 aliphatic heterocycles. The van der Waals surface area contributed by atoms with Crippen LogP contribution in [0, 0.1) is 3.57 Å². The Labute approximate surface area is 134 Å². The van der Waals surface area contributed by atoms with Crippen LogP contribution in [-0.4, -0.2) is 21.3 Å². The standard InChI is InChI=1S/C15H11IN2O3/c16-12-7-5-10(6-8-12)14-18-17-13(21-14)9-1-3-11(4-2-9)15(19)20/h1,3-9H,2H2,(H,19,20). The van der Waals surface area contributed by atoms with Crippen LogP contribution >= 0.6 is 22.6 Å². The van der Waals surface area contributed by atoms with Crippen molar-refractivity contribution in [1.29, 1.82) is 0 Å². The SMILES string of the molecule is O=C(O)C1=CCC(c2nnc(-c3ccc(I)cc3)o2)C=C1. The van der Waals surface area contributed by atoms with Crippen molar-refractivity contribution in [3.8, 4) is 11.5 Å². The van der Waals surface area contributed by atoms with Crippen LogP contribution in [0.4, 0.5) is 0 Å². The van der Waals surface area contributed by atoms with E-state index in [1.807, 2.05) is 24.3 Å². The molecule has 1 aromatic carbocycles. The Kier molecular flexibility index (Phi) is 3.87. The molecule has 0 saturated carbocycles. The van der Waals surface area contributed by atoms with E-state index in [2.05, 4.69) is 32.8 Å². The Bertz CT molecular complexity index is 732. The van der Waals surface area contributed by atoms with Gasteiger partial charge in [0.1, 0.15) is 0 Å². The number of hydrogen-bond acceptors (Lipinski definition) is 4. The first kappa shape index (κ1) is 14.0. The molecule has 1 heterocycles. The van der Waals surface area contributed by atoms with Crippen molar-refractivity contribution >= 4 is 28.6 Å². The van der Waals surface area contributed by atoms with E-state index in [1.165, 1.54) is 0 Å². The lowest BCUT2D eigenvalue weighted by molar-refractivity contribution is -0.132. The highest BCUT2D eigenvalue weighted by Gasteiger charge is 2.20. The van der Waals surface area contributed by atoms with E-state index in [1.54, 1.807) is 18.2 Å². The number of carbonyl (C=O) groups is 1. The van der Waals surface area contributed by atoms with Gasteiger partial charge in [0.05, 0.1) is 11.5 Å². The van der Waals surface area contributed by atoms with Crippen LogP contribution in [0.2, 0.25) is 0 Å². The van der Waals surface area contributed by atoms with Gasteiger partial charge in [-0.1, -0.05) is 18.2 Å². The van der Waals surface area contributed by atoms with Gasteiger partial charge in [0.25, 0.3) is 0 Å². The zero-order chi connectivity index (χ0) is 14.8. The van der Waals surface area contributed by atoms with Gasteiger partial charge >= 0.3 is 5.97 Å². The molecule has 3 rings (SSSR count). The Balaban J connectivity index is 1.79. The van der Waals surface area contributed by atoms with Crippen molar-refractivity contribution in [2.24, 2.45) is 0 Å². The summed E-state index contributed by atoms with van der Waals surface area (Å²) in [5, 5.41) is 17.0. The van der Waals surface area contributed by atoms with Crippen molar-refractivity contribution < 1.29 is 14.3 Å². The summed E-state index contributed by atoms with van der Waals surface area (Å²) in [6.07, 6.45) is 5.58. The Morgan fingerprint density at radius 3 is 2.67 bits per heavy atom. The number of aliphatic carboxylic acids is 1. The summed E-state index contributed by atoms with van der Waals surface area (Å²) >= 11 is 2.23. The molecule has 2 aromatic rings. The number of carboxylic acids is 1. The van der Waals surface area contributed by atoms with Crippen LogP contribution in [0.25, 0.3) is 11.5 Å². The molecule has 6 heteroatoms. The Morgan fingerprint density at radius 2 is 2.05 bits per heavy atom. The molecule has 0 bridgehead atoms. The number of benzene rings is 1. The lowest BCUT2D eigenvalue weighted by Gasteiger charge is -2.10. The molecule has 1 aromatic heterocycles. The fourth-order valence-electron chi connectivity index (χ4n) is 2.06. The number of aromatic nitrogens is 2. The molecule has 1 unspecified atom stereocenters. The van der Waals surface area contributed by atoms with Crippen molar-refractivity contribution in [3.05, 3.63) is 57.5 Å². The monoisotopic (exact) mass is 394 g/mol. The summed E-state index contributed by atoms with van der Waals surface area (Å²) < 4.78 is 6.83. The maximum Gasteiger partial charge on any atom is 0.335 e. The quantitative estimate of drug-likeness (QED) is 0.808. The number of hydrogen-bond donors (Lipinski definition) is 1. The lowest BCUT2D eigenvalue weighted by Crippen LogP contribution is -2.05. The maximum absolute atomic E-state index is 10.8. The number of carboxylic acid groups (broad SMARTS) is 1. The first-order valence-electron chi connectivity index (χ1n) is 6.34. The highest BCUT2D eigenvalue weighted by atomic mass is 127. The van der Waals surface area contributed by atoms with Crippen molar-refractivity contribution in [2.75, 3.05) is 0 Å². The van der Waals surface area contributed by atoms with E-state index in [4.69, 9.17) is 9.52 Å². The predicted octanol–water partition coefficient (Wildman–Crippen LogP) is 3.40. The fraction of sp³-hybridized carbons (Fsp3) is 0.133. The van der Waals surface area contributed by atoms with E-state index in [-0.39, 0.29) is 5.92 Å². The van der Waals surface area contributed by atoms with Gasteiger partial charge in [-0.3, -0.25) is 0 Å². The van der Waals surface area contributed by atoms with Gasteiger partial charge in [-0.25, -0.2) is 4.79 Å². The summed E-state index contributed by atoms with van der Waals surface area (Å²) in [5.41, 5.74) is 1.17. The first-order chi connectivity index (χ1) is 10.1. The molecule has 0 fully saturated rings. The van der Waals surface area contributed by atoms with Crippen molar-refractivity contribution in [3.63, 3.8) is 0 Å². The van der Waals surface area contributed by atoms with Gasteiger partial charge < -0.3 is 9.52 Å². The Morgan fingerprint density at radius 1 is 1.29 bits per heavy atom. The van der Waals surface area contributed by atoms with Crippen LogP contribution in [-0.2, 0) is 4.79 Å². The van der Waals surface area contributed by atoms with Gasteiger partial charge in [-0.15, -0.1) is 10.2 Å². The molecule has 1 aliphatic carbocycles. The van der Waals surface area contributed by atoms with E-state index in [9.17, 15) is 4.79 Å². The average Bonchev–Trinajstić information content (AvgIpc) is 2.98. The zero-order valence-electron chi connectivity index (χ0n) is 10.9. The third-order valence-corrected chi connectivity index (χ3v) is 3.91. The summed E-state index contributed by atoms with van der Waals surface area (Å²) in [6, 6.07) is 7.81. The summed E-state index contributed by atoms with van der Waals surface area (Å²) in [4.78, 5) is 10.8. The van der Waals surface area contributed by atoms with Crippen LogP contribution in [0.1, 0.15) is 18.2 Å². The molecule has 0 radical (unpaired) electrons. The molecule has 0 saturated heterocycles. The van der Waals surface area contributed by atoms with Gasteiger partial charge in [-0.2, -0.15) is 0 Å². The highest BCUT2D eigenvalue weighted by molar-refractivity contribution is 14.1. The number of nitrogens with zero attached hydrogens (tertiary/aromatic N) is 2. The van der Waals surface area contributed by atoms with Crippen molar-refractivity contribution in [2.45, 2.75) is 12.3 Å². The van der Waals surface area contributed by atoms with Gasteiger partial charge in [0.2, 0.25) is 11.8 Å². The van der Waals surface area contributed by atoms with Gasteiger partial charge in [0, 0.05) is 9.13 Å². The van der Waals surface area contributed by atoms with E-state index in [0.29, 0.717) is 23.8 Å². The average molecular weight is 394 g/mol. The molecular formula is C15H11IN2O3. The lowest BCUT2D eigenvalue weighted by atomic mass is 9.97. The van der Waals surface area contributed by atoms with E-state index < -0.39 is 5.97 Å². The normalized spacial score (nSPS) is 17.6. The topological polar surface area (TPSA) is 76.2 Å². The summed E-state index contributed by atoms with van der Waals surface area (Å²) in [6.45, 7) is 0. The smallest absolute Gasteiger partial charge is 0.335 e. The Hall–Kier alpha value is -1.96. The number of halogens is 1. The van der Waals surface area contributed by atoms with Gasteiger partial charge in [0.15, 0.2) is 0 Å². The minimum Gasteiger partial charge on any atom is -0.478 e. The molecule has 5 nitrogen and oxygen atoms in total.